The Morgan fingerprint density at radius 2 is 1.52 bits per heavy atom. The average molecular weight is 467 g/mol. The van der Waals surface area contributed by atoms with E-state index >= 15 is 0 Å². The van der Waals surface area contributed by atoms with E-state index in [-0.39, 0.29) is 17.1 Å². The highest BCUT2D eigenvalue weighted by molar-refractivity contribution is 8.00. The molecule has 0 aromatic heterocycles. The number of anilines is 2. The van der Waals surface area contributed by atoms with Gasteiger partial charge in [-0.05, 0) is 61.5 Å². The lowest BCUT2D eigenvalue weighted by Gasteiger charge is -2.15. The predicted octanol–water partition coefficient (Wildman–Crippen LogP) is 5.08. The molecule has 3 aromatic carbocycles. The number of ether oxygens (including phenoxy) is 3. The van der Waals surface area contributed by atoms with Crippen LogP contribution in [0.4, 0.5) is 11.4 Å². The van der Waals surface area contributed by atoms with Gasteiger partial charge in [-0.15, -0.1) is 11.8 Å². The molecule has 0 saturated heterocycles. The third-order valence-corrected chi connectivity index (χ3v) is 5.89. The molecule has 0 aliphatic carbocycles. The fraction of sp³-hybridized carbons (Fsp3) is 0.200. The minimum atomic E-state index is -0.385. The van der Waals surface area contributed by atoms with Crippen LogP contribution in [0.15, 0.2) is 71.6 Å². The van der Waals surface area contributed by atoms with E-state index in [4.69, 9.17) is 14.2 Å². The summed E-state index contributed by atoms with van der Waals surface area (Å²) in [4.78, 5) is 26.1. The van der Waals surface area contributed by atoms with Crippen LogP contribution in [0.1, 0.15) is 17.3 Å². The first-order chi connectivity index (χ1) is 15.9. The fourth-order valence-electron chi connectivity index (χ4n) is 2.99. The molecule has 0 heterocycles. The van der Waals surface area contributed by atoms with Gasteiger partial charge in [-0.25, -0.2) is 0 Å². The van der Waals surface area contributed by atoms with Crippen LogP contribution in [-0.2, 0) is 4.79 Å². The van der Waals surface area contributed by atoms with E-state index in [9.17, 15) is 9.59 Å². The summed E-state index contributed by atoms with van der Waals surface area (Å²) in [5.41, 5.74) is 1.73. The second kappa shape index (κ2) is 11.3. The zero-order valence-electron chi connectivity index (χ0n) is 18.9. The summed E-state index contributed by atoms with van der Waals surface area (Å²) in [6, 6.07) is 19.4. The Bertz CT molecular complexity index is 1120. The van der Waals surface area contributed by atoms with Gasteiger partial charge in [0.1, 0.15) is 17.2 Å². The summed E-state index contributed by atoms with van der Waals surface area (Å²) in [5.74, 6) is 1.45. The summed E-state index contributed by atoms with van der Waals surface area (Å²) < 4.78 is 15.6. The average Bonchev–Trinajstić information content (AvgIpc) is 2.84. The van der Waals surface area contributed by atoms with E-state index in [1.807, 2.05) is 25.1 Å². The minimum Gasteiger partial charge on any atom is -0.497 e. The number of carbonyl (C=O) groups excluding carboxylic acids is 2. The Morgan fingerprint density at radius 3 is 2.18 bits per heavy atom. The molecule has 7 nitrogen and oxygen atoms in total. The van der Waals surface area contributed by atoms with Crippen molar-refractivity contribution < 1.29 is 23.8 Å². The molecule has 172 valence electrons. The second-order valence-electron chi connectivity index (χ2n) is 7.03. The van der Waals surface area contributed by atoms with Crippen molar-refractivity contribution in [1.29, 1.82) is 0 Å². The lowest BCUT2D eigenvalue weighted by atomic mass is 10.2. The number of hydrogen-bond acceptors (Lipinski definition) is 6. The Morgan fingerprint density at radius 1 is 0.818 bits per heavy atom. The maximum Gasteiger partial charge on any atom is 0.255 e. The van der Waals surface area contributed by atoms with E-state index in [1.165, 1.54) is 18.9 Å². The van der Waals surface area contributed by atoms with Crippen molar-refractivity contribution in [3.63, 3.8) is 0 Å². The second-order valence-corrected chi connectivity index (χ2v) is 8.44. The highest BCUT2D eigenvalue weighted by atomic mass is 32.2. The monoisotopic (exact) mass is 466 g/mol. The maximum atomic E-state index is 12.7. The molecular weight excluding hydrogens is 440 g/mol. The standard InChI is InChI=1S/C25H26N2O5S/c1-16(24(28)27-22-13-12-20(31-3)15-23(22)32-4)33-21-7-5-6-18(14-21)26-25(29)17-8-10-19(30-2)11-9-17/h5-16H,1-4H3,(H,26,29)(H,27,28). The summed E-state index contributed by atoms with van der Waals surface area (Å²) in [5, 5.41) is 5.39. The first-order valence-electron chi connectivity index (χ1n) is 10.2. The number of methoxy groups -OCH3 is 3. The number of nitrogens with one attached hydrogen (secondary N) is 2. The molecule has 3 rings (SSSR count). The molecule has 0 radical (unpaired) electrons. The number of thioether (sulfide) groups is 1. The number of carbonyl (C=O) groups is 2. The van der Waals surface area contributed by atoms with Crippen LogP contribution in [0, 0.1) is 0 Å². The smallest absolute Gasteiger partial charge is 0.255 e. The van der Waals surface area contributed by atoms with E-state index < -0.39 is 0 Å². The predicted molar refractivity (Wildman–Crippen MR) is 131 cm³/mol. The largest absolute Gasteiger partial charge is 0.497 e. The van der Waals surface area contributed by atoms with Gasteiger partial charge in [-0.2, -0.15) is 0 Å². The van der Waals surface area contributed by atoms with Crippen molar-refractivity contribution in [2.45, 2.75) is 17.1 Å². The zero-order valence-corrected chi connectivity index (χ0v) is 19.7. The summed E-state index contributed by atoms with van der Waals surface area (Å²) in [6.45, 7) is 1.82. The van der Waals surface area contributed by atoms with Crippen molar-refractivity contribution >= 4 is 35.0 Å². The number of rotatable bonds is 9. The molecule has 1 unspecified atom stereocenters. The van der Waals surface area contributed by atoms with Crippen molar-refractivity contribution in [3.8, 4) is 17.2 Å². The zero-order chi connectivity index (χ0) is 23.8. The molecule has 0 saturated carbocycles. The maximum absolute atomic E-state index is 12.7. The molecule has 0 fully saturated rings. The van der Waals surface area contributed by atoms with E-state index in [0.717, 1.165) is 4.90 Å². The molecular formula is C25H26N2O5S. The third kappa shape index (κ3) is 6.43. The molecule has 8 heteroatoms. The van der Waals surface area contributed by atoms with Crippen LogP contribution in [0.5, 0.6) is 17.2 Å². The molecule has 0 bridgehead atoms. The molecule has 1 atom stereocenters. The quantitative estimate of drug-likeness (QED) is 0.428. The van der Waals surface area contributed by atoms with Crippen molar-refractivity contribution in [2.24, 2.45) is 0 Å². The molecule has 33 heavy (non-hydrogen) atoms. The van der Waals surface area contributed by atoms with Gasteiger partial charge >= 0.3 is 0 Å². The Balaban J connectivity index is 1.63. The van der Waals surface area contributed by atoms with Crippen LogP contribution in [0.2, 0.25) is 0 Å². The van der Waals surface area contributed by atoms with Gasteiger partial charge < -0.3 is 24.8 Å². The number of benzene rings is 3. The van der Waals surface area contributed by atoms with Crippen LogP contribution in [0.25, 0.3) is 0 Å². The van der Waals surface area contributed by atoms with Crippen molar-refractivity contribution in [1.82, 2.24) is 0 Å². The van der Waals surface area contributed by atoms with Gasteiger partial charge in [0.05, 0.1) is 32.3 Å². The van der Waals surface area contributed by atoms with Gasteiger partial charge in [0.15, 0.2) is 0 Å². The van der Waals surface area contributed by atoms with Gasteiger partial charge in [0.25, 0.3) is 5.91 Å². The fourth-order valence-corrected chi connectivity index (χ4v) is 3.91. The van der Waals surface area contributed by atoms with Crippen LogP contribution in [0.3, 0.4) is 0 Å². The molecule has 2 N–H and O–H groups in total. The van der Waals surface area contributed by atoms with Gasteiger partial charge in [-0.3, -0.25) is 9.59 Å². The molecule has 0 spiro atoms. The number of hydrogen-bond donors (Lipinski definition) is 2. The molecule has 0 aliphatic rings. The Hall–Kier alpha value is -3.65. The topological polar surface area (TPSA) is 85.9 Å². The SMILES string of the molecule is COc1ccc(C(=O)Nc2cccc(SC(C)C(=O)Nc3ccc(OC)cc3OC)c2)cc1. The lowest BCUT2D eigenvalue weighted by Crippen LogP contribution is -2.22. The Kier molecular flexibility index (Phi) is 8.21. The van der Waals surface area contributed by atoms with E-state index in [0.29, 0.717) is 34.2 Å². The Labute approximate surface area is 197 Å². The summed E-state index contributed by atoms with van der Waals surface area (Å²) in [7, 11) is 4.68. The van der Waals surface area contributed by atoms with Crippen LogP contribution >= 0.6 is 11.8 Å². The van der Waals surface area contributed by atoms with Crippen LogP contribution < -0.4 is 24.8 Å². The van der Waals surface area contributed by atoms with Crippen molar-refractivity contribution in [3.05, 3.63) is 72.3 Å². The van der Waals surface area contributed by atoms with E-state index in [1.54, 1.807) is 62.8 Å². The first-order valence-corrected chi connectivity index (χ1v) is 11.1. The van der Waals surface area contributed by atoms with Gasteiger partial charge in [-0.1, -0.05) is 6.07 Å². The van der Waals surface area contributed by atoms with E-state index in [2.05, 4.69) is 10.6 Å². The minimum absolute atomic E-state index is 0.170. The highest BCUT2D eigenvalue weighted by Crippen LogP contribution is 2.31. The number of amides is 2. The summed E-state index contributed by atoms with van der Waals surface area (Å²) in [6.07, 6.45) is 0. The van der Waals surface area contributed by atoms with Gasteiger partial charge in [0, 0.05) is 22.2 Å². The van der Waals surface area contributed by atoms with Crippen LogP contribution in [-0.4, -0.2) is 38.4 Å². The molecule has 2 amide bonds. The molecule has 0 aliphatic heterocycles. The molecule has 3 aromatic rings. The normalized spacial score (nSPS) is 11.3. The summed E-state index contributed by atoms with van der Waals surface area (Å²) >= 11 is 1.39. The highest BCUT2D eigenvalue weighted by Gasteiger charge is 2.17. The van der Waals surface area contributed by atoms with Crippen molar-refractivity contribution in [2.75, 3.05) is 32.0 Å². The first kappa shape index (κ1) is 24.0. The van der Waals surface area contributed by atoms with Gasteiger partial charge in [0.2, 0.25) is 5.91 Å². The third-order valence-electron chi connectivity index (χ3n) is 4.79. The lowest BCUT2D eigenvalue weighted by molar-refractivity contribution is -0.115.